The molecule has 0 atom stereocenters. The lowest BCUT2D eigenvalue weighted by atomic mass is 10.1. The average molecular weight is 411 g/mol. The Balaban J connectivity index is 1.50. The van der Waals surface area contributed by atoms with Crippen molar-refractivity contribution in [1.82, 2.24) is 19.9 Å². The first-order valence-electron chi connectivity index (χ1n) is 9.93. The van der Waals surface area contributed by atoms with Crippen molar-refractivity contribution < 1.29 is 4.42 Å². The molecule has 29 heavy (non-hydrogen) atoms. The molecule has 0 bridgehead atoms. The number of fused-ring (bicyclic) bond motifs is 1. The number of thioether (sulfide) groups is 1. The molecule has 2 aromatic heterocycles. The van der Waals surface area contributed by atoms with Crippen LogP contribution in [0.4, 0.5) is 0 Å². The zero-order valence-corrected chi connectivity index (χ0v) is 18.1. The molecule has 0 unspecified atom stereocenters. The van der Waals surface area contributed by atoms with E-state index in [9.17, 15) is 4.79 Å². The van der Waals surface area contributed by atoms with Gasteiger partial charge in [-0.3, -0.25) is 9.69 Å². The fourth-order valence-electron chi connectivity index (χ4n) is 3.53. The number of aromatic amines is 1. The summed E-state index contributed by atoms with van der Waals surface area (Å²) in [7, 11) is 0. The standard InChI is InChI=1S/C22H26N4O2S/c1-13(2)26-9-8-18-17(11-26)20(27)25-22(24-18)29-12-19-15(4)28-21(23-19)16-7-5-6-14(3)10-16/h5-7,10,13H,8-9,11-12H2,1-4H3,(H,24,25,27). The van der Waals surface area contributed by atoms with Gasteiger partial charge in [0.25, 0.3) is 5.56 Å². The van der Waals surface area contributed by atoms with E-state index < -0.39 is 0 Å². The van der Waals surface area contributed by atoms with Crippen LogP contribution in [0.15, 0.2) is 38.6 Å². The second-order valence-corrected chi connectivity index (χ2v) is 8.75. The zero-order valence-electron chi connectivity index (χ0n) is 17.3. The van der Waals surface area contributed by atoms with E-state index in [2.05, 4.69) is 47.8 Å². The smallest absolute Gasteiger partial charge is 0.256 e. The maximum Gasteiger partial charge on any atom is 0.256 e. The molecule has 1 aromatic carbocycles. The Morgan fingerprint density at radius 1 is 1.28 bits per heavy atom. The Labute approximate surface area is 174 Å². The third-order valence-electron chi connectivity index (χ3n) is 5.31. The number of nitrogens with zero attached hydrogens (tertiary/aromatic N) is 3. The fraction of sp³-hybridized carbons (Fsp3) is 0.409. The number of nitrogens with one attached hydrogen (secondary N) is 1. The van der Waals surface area contributed by atoms with Crippen LogP contribution in [0.5, 0.6) is 0 Å². The van der Waals surface area contributed by atoms with Crippen molar-refractivity contribution in [1.29, 1.82) is 0 Å². The van der Waals surface area contributed by atoms with Crippen LogP contribution in [0.3, 0.4) is 0 Å². The molecule has 0 radical (unpaired) electrons. The Morgan fingerprint density at radius 3 is 2.86 bits per heavy atom. The Kier molecular flexibility index (Phi) is 5.61. The summed E-state index contributed by atoms with van der Waals surface area (Å²) in [5.74, 6) is 2.02. The third-order valence-corrected chi connectivity index (χ3v) is 6.19. The quantitative estimate of drug-likeness (QED) is 0.504. The average Bonchev–Trinajstić information content (AvgIpc) is 3.07. The molecular weight excluding hydrogens is 384 g/mol. The number of oxazole rings is 1. The van der Waals surface area contributed by atoms with Gasteiger partial charge in [-0.25, -0.2) is 9.97 Å². The van der Waals surface area contributed by atoms with E-state index in [4.69, 9.17) is 9.40 Å². The molecule has 0 fully saturated rings. The van der Waals surface area contributed by atoms with Gasteiger partial charge >= 0.3 is 0 Å². The predicted molar refractivity (Wildman–Crippen MR) is 115 cm³/mol. The number of H-pyrrole nitrogens is 1. The van der Waals surface area contributed by atoms with Gasteiger partial charge in [0.2, 0.25) is 5.89 Å². The van der Waals surface area contributed by atoms with E-state index in [0.29, 0.717) is 29.4 Å². The highest BCUT2D eigenvalue weighted by Crippen LogP contribution is 2.27. The highest BCUT2D eigenvalue weighted by Gasteiger charge is 2.23. The van der Waals surface area contributed by atoms with Crippen molar-refractivity contribution in [3.63, 3.8) is 0 Å². The Bertz CT molecular complexity index is 1090. The minimum Gasteiger partial charge on any atom is -0.441 e. The first kappa shape index (κ1) is 19.9. The van der Waals surface area contributed by atoms with Gasteiger partial charge in [0.1, 0.15) is 5.76 Å². The van der Waals surface area contributed by atoms with Gasteiger partial charge in [-0.2, -0.15) is 0 Å². The number of aryl methyl sites for hydroxylation is 2. The van der Waals surface area contributed by atoms with E-state index in [0.717, 1.165) is 41.2 Å². The third kappa shape index (κ3) is 4.31. The molecule has 7 heteroatoms. The lowest BCUT2D eigenvalue weighted by Crippen LogP contribution is -2.39. The van der Waals surface area contributed by atoms with Gasteiger partial charge in [0, 0.05) is 36.9 Å². The van der Waals surface area contributed by atoms with Crippen LogP contribution in [0.25, 0.3) is 11.5 Å². The van der Waals surface area contributed by atoms with Gasteiger partial charge in [-0.1, -0.05) is 29.5 Å². The van der Waals surface area contributed by atoms with Crippen LogP contribution in [0.2, 0.25) is 0 Å². The van der Waals surface area contributed by atoms with Gasteiger partial charge in [0.05, 0.1) is 17.0 Å². The molecule has 3 heterocycles. The van der Waals surface area contributed by atoms with Crippen molar-refractivity contribution >= 4 is 11.8 Å². The molecule has 3 aromatic rings. The maximum absolute atomic E-state index is 12.6. The number of benzene rings is 1. The predicted octanol–water partition coefficient (Wildman–Crippen LogP) is 4.10. The van der Waals surface area contributed by atoms with E-state index in [1.54, 1.807) is 0 Å². The topological polar surface area (TPSA) is 75.0 Å². The van der Waals surface area contributed by atoms with Crippen LogP contribution in [0.1, 0.15) is 42.1 Å². The second kappa shape index (κ2) is 8.16. The number of rotatable bonds is 5. The largest absolute Gasteiger partial charge is 0.441 e. The highest BCUT2D eigenvalue weighted by atomic mass is 32.2. The zero-order chi connectivity index (χ0) is 20.5. The number of hydrogen-bond acceptors (Lipinski definition) is 6. The maximum atomic E-state index is 12.6. The fourth-order valence-corrected chi connectivity index (χ4v) is 4.41. The monoisotopic (exact) mass is 410 g/mol. The molecule has 0 aliphatic carbocycles. The van der Waals surface area contributed by atoms with Crippen molar-refractivity contribution in [2.75, 3.05) is 6.54 Å². The molecule has 0 amide bonds. The lowest BCUT2D eigenvalue weighted by Gasteiger charge is -2.30. The van der Waals surface area contributed by atoms with Crippen LogP contribution < -0.4 is 5.56 Å². The number of hydrogen-bond donors (Lipinski definition) is 1. The van der Waals surface area contributed by atoms with E-state index in [1.807, 2.05) is 19.1 Å². The minimum atomic E-state index is -0.0276. The van der Waals surface area contributed by atoms with Crippen molar-refractivity contribution in [3.8, 4) is 11.5 Å². The van der Waals surface area contributed by atoms with Crippen LogP contribution in [0, 0.1) is 13.8 Å². The molecule has 1 aliphatic heterocycles. The molecular formula is C22H26N4O2S. The summed E-state index contributed by atoms with van der Waals surface area (Å²) in [6, 6.07) is 8.54. The first-order valence-corrected chi connectivity index (χ1v) is 10.9. The normalized spacial score (nSPS) is 14.4. The summed E-state index contributed by atoms with van der Waals surface area (Å²) in [6.07, 6.45) is 0.811. The Hall–Kier alpha value is -2.38. The van der Waals surface area contributed by atoms with Gasteiger partial charge in [-0.15, -0.1) is 0 Å². The van der Waals surface area contributed by atoms with Crippen molar-refractivity contribution in [2.45, 2.75) is 57.6 Å². The van der Waals surface area contributed by atoms with Gasteiger partial charge < -0.3 is 9.40 Å². The summed E-state index contributed by atoms with van der Waals surface area (Å²) in [5.41, 5.74) is 4.71. The van der Waals surface area contributed by atoms with Crippen molar-refractivity contribution in [2.24, 2.45) is 0 Å². The summed E-state index contributed by atoms with van der Waals surface area (Å²) < 4.78 is 5.87. The molecule has 6 nitrogen and oxygen atoms in total. The molecule has 4 rings (SSSR count). The SMILES string of the molecule is Cc1cccc(-c2nc(CSc3nc4c(c(=O)[nH]3)CN(C(C)C)CC4)c(C)o2)c1. The minimum absolute atomic E-state index is 0.0276. The lowest BCUT2D eigenvalue weighted by molar-refractivity contribution is 0.200. The van der Waals surface area contributed by atoms with Crippen LogP contribution in [-0.2, 0) is 18.7 Å². The molecule has 0 saturated heterocycles. The summed E-state index contributed by atoms with van der Waals surface area (Å²) in [6.45, 7) is 9.89. The van der Waals surface area contributed by atoms with Crippen LogP contribution in [-0.4, -0.2) is 32.4 Å². The van der Waals surface area contributed by atoms with Gasteiger partial charge in [-0.05, 0) is 39.8 Å². The molecule has 0 spiro atoms. The van der Waals surface area contributed by atoms with E-state index >= 15 is 0 Å². The summed E-state index contributed by atoms with van der Waals surface area (Å²) in [5, 5.41) is 0.645. The van der Waals surface area contributed by atoms with E-state index in [-0.39, 0.29) is 5.56 Å². The number of aromatic nitrogens is 3. The molecule has 1 N–H and O–H groups in total. The molecule has 0 saturated carbocycles. The molecule has 1 aliphatic rings. The highest BCUT2D eigenvalue weighted by molar-refractivity contribution is 7.98. The first-order chi connectivity index (χ1) is 13.9. The summed E-state index contributed by atoms with van der Waals surface area (Å²) in [4.78, 5) is 27.2. The van der Waals surface area contributed by atoms with E-state index in [1.165, 1.54) is 17.3 Å². The van der Waals surface area contributed by atoms with Crippen molar-refractivity contribution in [3.05, 3.63) is 62.9 Å². The van der Waals surface area contributed by atoms with Crippen LogP contribution >= 0.6 is 11.8 Å². The second-order valence-electron chi connectivity index (χ2n) is 7.79. The van der Waals surface area contributed by atoms with Gasteiger partial charge in [0.15, 0.2) is 5.16 Å². The Morgan fingerprint density at radius 2 is 2.10 bits per heavy atom. The summed E-state index contributed by atoms with van der Waals surface area (Å²) >= 11 is 1.49. The molecule has 152 valence electrons.